The van der Waals surface area contributed by atoms with Crippen LogP contribution in [0.4, 0.5) is 5.69 Å². The van der Waals surface area contributed by atoms with E-state index in [1.54, 1.807) is 18.2 Å². The van der Waals surface area contributed by atoms with Gasteiger partial charge in [-0.1, -0.05) is 29.3 Å². The van der Waals surface area contributed by atoms with Crippen molar-refractivity contribution >= 4 is 47.2 Å². The lowest BCUT2D eigenvalue weighted by Gasteiger charge is -2.33. The molecule has 0 aromatic heterocycles. The Morgan fingerprint density at radius 1 is 1.36 bits per heavy atom. The summed E-state index contributed by atoms with van der Waals surface area (Å²) in [4.78, 5) is 14.2. The SMILES string of the molecule is CC(N)C1CCN(CC(=O)Nc2c(Cl)cccc2Cl)CC1.Cl. The first-order valence-electron chi connectivity index (χ1n) is 7.19. The Labute approximate surface area is 147 Å². The molecule has 22 heavy (non-hydrogen) atoms. The molecule has 0 radical (unpaired) electrons. The van der Waals surface area contributed by atoms with Gasteiger partial charge in [-0.25, -0.2) is 0 Å². The van der Waals surface area contributed by atoms with E-state index in [4.69, 9.17) is 28.9 Å². The number of piperidine rings is 1. The Morgan fingerprint density at radius 3 is 2.41 bits per heavy atom. The van der Waals surface area contributed by atoms with Crippen molar-refractivity contribution in [1.29, 1.82) is 0 Å². The number of hydrogen-bond acceptors (Lipinski definition) is 3. The van der Waals surface area contributed by atoms with Crippen LogP contribution in [0.15, 0.2) is 18.2 Å². The maximum absolute atomic E-state index is 12.1. The maximum atomic E-state index is 12.1. The number of rotatable bonds is 4. The molecule has 7 heteroatoms. The van der Waals surface area contributed by atoms with Crippen molar-refractivity contribution in [3.05, 3.63) is 28.2 Å². The van der Waals surface area contributed by atoms with Crippen molar-refractivity contribution in [2.24, 2.45) is 11.7 Å². The highest BCUT2D eigenvalue weighted by Gasteiger charge is 2.23. The van der Waals surface area contributed by atoms with E-state index in [1.165, 1.54) is 0 Å². The molecule has 3 N–H and O–H groups in total. The summed E-state index contributed by atoms with van der Waals surface area (Å²) < 4.78 is 0. The summed E-state index contributed by atoms with van der Waals surface area (Å²) in [5.41, 5.74) is 6.40. The minimum absolute atomic E-state index is 0. The lowest BCUT2D eigenvalue weighted by Crippen LogP contribution is -2.42. The Morgan fingerprint density at radius 2 is 1.91 bits per heavy atom. The number of benzene rings is 1. The number of likely N-dealkylation sites (tertiary alicyclic amines) is 1. The quantitative estimate of drug-likeness (QED) is 0.858. The second-order valence-corrected chi connectivity index (χ2v) is 6.43. The minimum Gasteiger partial charge on any atom is -0.328 e. The van der Waals surface area contributed by atoms with Crippen LogP contribution < -0.4 is 11.1 Å². The molecule has 2 rings (SSSR count). The summed E-state index contributed by atoms with van der Waals surface area (Å²) in [6.07, 6.45) is 2.08. The summed E-state index contributed by atoms with van der Waals surface area (Å²) in [5, 5.41) is 3.69. The molecule has 0 bridgehead atoms. The van der Waals surface area contributed by atoms with Gasteiger partial charge in [0.15, 0.2) is 0 Å². The molecule has 1 aliphatic heterocycles. The van der Waals surface area contributed by atoms with Crippen molar-refractivity contribution in [2.75, 3.05) is 25.0 Å². The number of nitrogens with zero attached hydrogens (tertiary/aromatic N) is 1. The molecule has 1 aromatic carbocycles. The van der Waals surface area contributed by atoms with Gasteiger partial charge >= 0.3 is 0 Å². The van der Waals surface area contributed by atoms with E-state index in [9.17, 15) is 4.79 Å². The molecule has 0 spiro atoms. The Kier molecular flexibility index (Phi) is 7.94. The van der Waals surface area contributed by atoms with Crippen LogP contribution in [-0.2, 0) is 4.79 Å². The molecule has 1 atom stereocenters. The number of nitrogens with two attached hydrogens (primary N) is 1. The molecule has 1 saturated heterocycles. The van der Waals surface area contributed by atoms with Crippen LogP contribution in [0.2, 0.25) is 10.0 Å². The molecular weight excluding hydrogens is 345 g/mol. The van der Waals surface area contributed by atoms with Gasteiger partial charge in [0, 0.05) is 6.04 Å². The fourth-order valence-corrected chi connectivity index (χ4v) is 3.13. The number of carbonyl (C=O) groups excluding carboxylic acids is 1. The molecule has 1 aromatic rings. The predicted molar refractivity (Wildman–Crippen MR) is 95.2 cm³/mol. The number of carbonyl (C=O) groups is 1. The third kappa shape index (κ3) is 5.28. The standard InChI is InChI=1S/C15H21Cl2N3O.ClH/c1-10(18)11-5-7-20(8-6-11)9-14(21)19-15-12(16)3-2-4-13(15)17;/h2-4,10-11H,5-9,18H2,1H3,(H,19,21);1H. The van der Waals surface area contributed by atoms with Gasteiger partial charge in [-0.05, 0) is 50.9 Å². The monoisotopic (exact) mass is 365 g/mol. The number of anilines is 1. The number of para-hydroxylation sites is 1. The van der Waals surface area contributed by atoms with Crippen molar-refractivity contribution in [2.45, 2.75) is 25.8 Å². The molecule has 4 nitrogen and oxygen atoms in total. The topological polar surface area (TPSA) is 58.4 Å². The Balaban J connectivity index is 0.00000242. The minimum atomic E-state index is -0.0933. The van der Waals surface area contributed by atoms with E-state index < -0.39 is 0 Å². The summed E-state index contributed by atoms with van der Waals surface area (Å²) in [5.74, 6) is 0.464. The smallest absolute Gasteiger partial charge is 0.238 e. The third-order valence-electron chi connectivity index (χ3n) is 3.97. The lowest BCUT2D eigenvalue weighted by atomic mass is 9.91. The van der Waals surface area contributed by atoms with E-state index >= 15 is 0 Å². The zero-order valence-electron chi connectivity index (χ0n) is 12.5. The average Bonchev–Trinajstić information content (AvgIpc) is 2.43. The van der Waals surface area contributed by atoms with Crippen molar-refractivity contribution in [3.8, 4) is 0 Å². The van der Waals surface area contributed by atoms with Crippen LogP contribution in [0.3, 0.4) is 0 Å². The Bertz CT molecular complexity index is 483. The van der Waals surface area contributed by atoms with Crippen LogP contribution in [0.25, 0.3) is 0 Å². The fourth-order valence-electron chi connectivity index (χ4n) is 2.64. The summed E-state index contributed by atoms with van der Waals surface area (Å²) in [6.45, 7) is 4.20. The molecule has 1 unspecified atom stereocenters. The highest BCUT2D eigenvalue weighted by atomic mass is 35.5. The zero-order valence-corrected chi connectivity index (χ0v) is 14.8. The zero-order chi connectivity index (χ0) is 15.4. The van der Waals surface area contributed by atoms with Gasteiger partial charge in [0.05, 0.1) is 22.3 Å². The molecule has 1 fully saturated rings. The number of amides is 1. The van der Waals surface area contributed by atoms with E-state index in [-0.39, 0.29) is 24.4 Å². The van der Waals surface area contributed by atoms with Crippen molar-refractivity contribution in [1.82, 2.24) is 4.90 Å². The van der Waals surface area contributed by atoms with Gasteiger partial charge in [-0.3, -0.25) is 9.69 Å². The van der Waals surface area contributed by atoms with Gasteiger partial charge in [-0.2, -0.15) is 0 Å². The van der Waals surface area contributed by atoms with E-state index in [1.807, 2.05) is 6.92 Å². The molecule has 1 aliphatic rings. The molecular formula is C15H22Cl3N3O. The molecule has 124 valence electrons. The summed E-state index contributed by atoms with van der Waals surface area (Å²) in [7, 11) is 0. The predicted octanol–water partition coefficient (Wildman–Crippen LogP) is 3.41. The number of nitrogens with one attached hydrogen (secondary N) is 1. The van der Waals surface area contributed by atoms with Gasteiger partial charge in [0.1, 0.15) is 0 Å². The maximum Gasteiger partial charge on any atom is 0.238 e. The summed E-state index contributed by atoms with van der Waals surface area (Å²) >= 11 is 12.1. The fraction of sp³-hybridized carbons (Fsp3) is 0.533. The Hall–Kier alpha value is -0.520. The van der Waals surface area contributed by atoms with Crippen molar-refractivity contribution in [3.63, 3.8) is 0 Å². The first-order valence-corrected chi connectivity index (χ1v) is 7.94. The molecule has 1 amide bonds. The normalized spacial score (nSPS) is 17.6. The molecule has 1 heterocycles. The first-order chi connectivity index (χ1) is 9.97. The largest absolute Gasteiger partial charge is 0.328 e. The van der Waals surface area contributed by atoms with Gasteiger partial charge in [-0.15, -0.1) is 12.4 Å². The van der Waals surface area contributed by atoms with Crippen LogP contribution >= 0.6 is 35.6 Å². The van der Waals surface area contributed by atoms with Crippen LogP contribution in [0.5, 0.6) is 0 Å². The number of hydrogen-bond donors (Lipinski definition) is 2. The summed E-state index contributed by atoms with van der Waals surface area (Å²) in [6, 6.07) is 5.39. The highest BCUT2D eigenvalue weighted by Crippen LogP contribution is 2.29. The number of halogens is 3. The van der Waals surface area contributed by atoms with Gasteiger partial charge in [0.2, 0.25) is 5.91 Å². The third-order valence-corrected chi connectivity index (χ3v) is 4.60. The van der Waals surface area contributed by atoms with E-state index in [0.29, 0.717) is 28.2 Å². The second kappa shape index (κ2) is 8.94. The lowest BCUT2D eigenvalue weighted by molar-refractivity contribution is -0.117. The first kappa shape index (κ1) is 19.5. The van der Waals surface area contributed by atoms with Crippen LogP contribution in [0.1, 0.15) is 19.8 Å². The average molecular weight is 367 g/mol. The molecule has 0 saturated carbocycles. The van der Waals surface area contributed by atoms with E-state index in [2.05, 4.69) is 10.2 Å². The van der Waals surface area contributed by atoms with Crippen LogP contribution in [0, 0.1) is 5.92 Å². The molecule has 0 aliphatic carbocycles. The van der Waals surface area contributed by atoms with E-state index in [0.717, 1.165) is 25.9 Å². The van der Waals surface area contributed by atoms with Gasteiger partial charge in [0.25, 0.3) is 0 Å². The van der Waals surface area contributed by atoms with Crippen LogP contribution in [-0.4, -0.2) is 36.5 Å². The second-order valence-electron chi connectivity index (χ2n) is 5.62. The van der Waals surface area contributed by atoms with Crippen molar-refractivity contribution < 1.29 is 4.79 Å². The van der Waals surface area contributed by atoms with Gasteiger partial charge < -0.3 is 11.1 Å². The highest BCUT2D eigenvalue weighted by molar-refractivity contribution is 6.39.